The second-order valence-electron chi connectivity index (χ2n) is 5.29. The summed E-state index contributed by atoms with van der Waals surface area (Å²) in [6, 6.07) is 8.27. The van der Waals surface area contributed by atoms with Gasteiger partial charge in [-0.15, -0.1) is 0 Å². The van der Waals surface area contributed by atoms with Crippen molar-refractivity contribution in [1.29, 1.82) is 0 Å². The Balaban J connectivity index is 2.43. The zero-order chi connectivity index (χ0) is 15.0. The van der Waals surface area contributed by atoms with E-state index in [1.807, 2.05) is 26.0 Å². The van der Waals surface area contributed by atoms with Crippen LogP contribution in [0, 0.1) is 5.92 Å². The van der Waals surface area contributed by atoms with Gasteiger partial charge in [0.15, 0.2) is 0 Å². The molecular formula is C16H25ClN2O. The van der Waals surface area contributed by atoms with Crippen LogP contribution < -0.4 is 10.6 Å². The summed E-state index contributed by atoms with van der Waals surface area (Å²) in [5, 5.41) is 7.17. The van der Waals surface area contributed by atoms with Crippen molar-refractivity contribution in [2.45, 2.75) is 39.7 Å². The lowest BCUT2D eigenvalue weighted by molar-refractivity contribution is -0.123. The number of carbonyl (C=O) groups excluding carboxylic acids is 1. The third-order valence-corrected chi connectivity index (χ3v) is 3.44. The number of carbonyl (C=O) groups is 1. The van der Waals surface area contributed by atoms with Crippen LogP contribution in [0.3, 0.4) is 0 Å². The quantitative estimate of drug-likeness (QED) is 0.720. The van der Waals surface area contributed by atoms with Crippen LogP contribution in [0.2, 0.25) is 5.02 Å². The van der Waals surface area contributed by atoms with Crippen molar-refractivity contribution in [3.05, 3.63) is 34.9 Å². The minimum absolute atomic E-state index is 0.0395. The number of amides is 1. The van der Waals surface area contributed by atoms with Gasteiger partial charge in [0.25, 0.3) is 0 Å². The molecule has 112 valence electrons. The second kappa shape index (κ2) is 8.98. The topological polar surface area (TPSA) is 41.1 Å². The van der Waals surface area contributed by atoms with E-state index in [1.54, 1.807) is 0 Å². The van der Waals surface area contributed by atoms with E-state index in [-0.39, 0.29) is 11.8 Å². The molecule has 1 aromatic carbocycles. The van der Waals surface area contributed by atoms with Crippen molar-refractivity contribution in [3.63, 3.8) is 0 Å². The largest absolute Gasteiger partial charge is 0.355 e. The van der Waals surface area contributed by atoms with Gasteiger partial charge in [-0.3, -0.25) is 4.79 Å². The Bertz CT molecular complexity index is 403. The first-order chi connectivity index (χ1) is 9.54. The van der Waals surface area contributed by atoms with Crippen LogP contribution in [0.4, 0.5) is 0 Å². The second-order valence-corrected chi connectivity index (χ2v) is 5.73. The number of nitrogens with one attached hydrogen (secondary N) is 2. The number of hydrogen-bond donors (Lipinski definition) is 2. The summed E-state index contributed by atoms with van der Waals surface area (Å²) in [5.74, 6) is 0.142. The maximum atomic E-state index is 11.5. The van der Waals surface area contributed by atoms with Gasteiger partial charge in [-0.05, 0) is 24.1 Å². The highest BCUT2D eigenvalue weighted by Crippen LogP contribution is 2.20. The summed E-state index contributed by atoms with van der Waals surface area (Å²) in [6.07, 6.45) is 2.18. The maximum absolute atomic E-state index is 11.5. The number of rotatable bonds is 8. The zero-order valence-corrected chi connectivity index (χ0v) is 13.3. The smallest absolute Gasteiger partial charge is 0.222 e. The summed E-state index contributed by atoms with van der Waals surface area (Å²) < 4.78 is 0. The molecule has 0 aliphatic heterocycles. The van der Waals surface area contributed by atoms with Gasteiger partial charge < -0.3 is 10.6 Å². The lowest BCUT2D eigenvalue weighted by atomic mass is 10.0. The van der Waals surface area contributed by atoms with E-state index in [1.165, 1.54) is 5.56 Å². The summed E-state index contributed by atoms with van der Waals surface area (Å²) >= 11 is 5.92. The van der Waals surface area contributed by atoms with Crippen LogP contribution in [0.1, 0.15) is 45.2 Å². The van der Waals surface area contributed by atoms with Crippen molar-refractivity contribution in [2.75, 3.05) is 13.1 Å². The van der Waals surface area contributed by atoms with Gasteiger partial charge in [-0.2, -0.15) is 0 Å². The molecule has 4 heteroatoms. The fourth-order valence-electron chi connectivity index (χ4n) is 2.01. The Morgan fingerprint density at radius 2 is 1.85 bits per heavy atom. The minimum atomic E-state index is 0.0395. The van der Waals surface area contributed by atoms with E-state index >= 15 is 0 Å². The maximum Gasteiger partial charge on any atom is 0.222 e. The van der Waals surface area contributed by atoms with E-state index in [2.05, 4.69) is 29.7 Å². The van der Waals surface area contributed by atoms with Crippen LogP contribution in [0.15, 0.2) is 24.3 Å². The van der Waals surface area contributed by atoms with Crippen molar-refractivity contribution >= 4 is 17.5 Å². The SMILES string of the molecule is CCCC(NCCNC(=O)C(C)C)c1ccc(Cl)cc1. The summed E-state index contributed by atoms with van der Waals surface area (Å²) in [6.45, 7) is 7.40. The Labute approximate surface area is 127 Å². The highest BCUT2D eigenvalue weighted by molar-refractivity contribution is 6.30. The third kappa shape index (κ3) is 5.93. The molecule has 0 heterocycles. The highest BCUT2D eigenvalue weighted by Gasteiger charge is 2.10. The average Bonchev–Trinajstić information content (AvgIpc) is 2.43. The molecule has 2 N–H and O–H groups in total. The molecule has 1 rings (SSSR count). The zero-order valence-electron chi connectivity index (χ0n) is 12.6. The lowest BCUT2D eigenvalue weighted by Gasteiger charge is -2.19. The van der Waals surface area contributed by atoms with E-state index < -0.39 is 0 Å². The van der Waals surface area contributed by atoms with E-state index in [0.717, 1.165) is 24.4 Å². The number of halogens is 1. The molecule has 0 aliphatic rings. The first-order valence-electron chi connectivity index (χ1n) is 7.31. The lowest BCUT2D eigenvalue weighted by Crippen LogP contribution is -2.35. The van der Waals surface area contributed by atoms with E-state index in [0.29, 0.717) is 12.6 Å². The molecule has 1 aromatic rings. The molecule has 0 spiro atoms. The average molecular weight is 297 g/mol. The number of hydrogen-bond acceptors (Lipinski definition) is 2. The summed E-state index contributed by atoms with van der Waals surface area (Å²) in [5.41, 5.74) is 1.24. The predicted molar refractivity (Wildman–Crippen MR) is 85.0 cm³/mol. The van der Waals surface area contributed by atoms with Gasteiger partial charge in [0, 0.05) is 30.1 Å². The van der Waals surface area contributed by atoms with Gasteiger partial charge in [0.05, 0.1) is 0 Å². The Hall–Kier alpha value is -1.06. The van der Waals surface area contributed by atoms with Crippen molar-refractivity contribution in [2.24, 2.45) is 5.92 Å². The first kappa shape index (κ1) is 17.0. The van der Waals surface area contributed by atoms with Crippen molar-refractivity contribution < 1.29 is 4.79 Å². The minimum Gasteiger partial charge on any atom is -0.355 e. The molecule has 20 heavy (non-hydrogen) atoms. The molecular weight excluding hydrogens is 272 g/mol. The van der Waals surface area contributed by atoms with Gasteiger partial charge in [0.1, 0.15) is 0 Å². The van der Waals surface area contributed by atoms with Crippen LogP contribution in [0.25, 0.3) is 0 Å². The van der Waals surface area contributed by atoms with E-state index in [9.17, 15) is 4.79 Å². The molecule has 0 radical (unpaired) electrons. The molecule has 1 unspecified atom stereocenters. The van der Waals surface area contributed by atoms with Gasteiger partial charge >= 0.3 is 0 Å². The number of benzene rings is 1. The van der Waals surface area contributed by atoms with Gasteiger partial charge in [-0.1, -0.05) is 50.9 Å². The fourth-order valence-corrected chi connectivity index (χ4v) is 2.13. The molecule has 0 saturated heterocycles. The van der Waals surface area contributed by atoms with Crippen LogP contribution >= 0.6 is 11.6 Å². The van der Waals surface area contributed by atoms with Gasteiger partial charge in [-0.25, -0.2) is 0 Å². The standard InChI is InChI=1S/C16H25ClN2O/c1-4-5-15(13-6-8-14(17)9-7-13)18-10-11-19-16(20)12(2)3/h6-9,12,15,18H,4-5,10-11H2,1-3H3,(H,19,20). The Kier molecular flexibility index (Phi) is 7.63. The van der Waals surface area contributed by atoms with Crippen molar-refractivity contribution in [1.82, 2.24) is 10.6 Å². The van der Waals surface area contributed by atoms with Crippen LogP contribution in [-0.4, -0.2) is 19.0 Å². The van der Waals surface area contributed by atoms with Crippen molar-refractivity contribution in [3.8, 4) is 0 Å². The highest BCUT2D eigenvalue weighted by atomic mass is 35.5. The summed E-state index contributed by atoms with van der Waals surface area (Å²) in [7, 11) is 0. The van der Waals surface area contributed by atoms with Crippen LogP contribution in [-0.2, 0) is 4.79 Å². The normalized spacial score (nSPS) is 12.4. The first-order valence-corrected chi connectivity index (χ1v) is 7.69. The van der Waals surface area contributed by atoms with Gasteiger partial charge in [0.2, 0.25) is 5.91 Å². The monoisotopic (exact) mass is 296 g/mol. The predicted octanol–water partition coefficient (Wildman–Crippen LogP) is 3.54. The fraction of sp³-hybridized carbons (Fsp3) is 0.562. The molecule has 0 bridgehead atoms. The summed E-state index contributed by atoms with van der Waals surface area (Å²) in [4.78, 5) is 11.5. The third-order valence-electron chi connectivity index (χ3n) is 3.19. The van der Waals surface area contributed by atoms with E-state index in [4.69, 9.17) is 11.6 Å². The molecule has 0 saturated carbocycles. The molecule has 0 aromatic heterocycles. The molecule has 1 amide bonds. The Morgan fingerprint density at radius 3 is 2.40 bits per heavy atom. The van der Waals surface area contributed by atoms with Crippen LogP contribution in [0.5, 0.6) is 0 Å². The molecule has 0 aliphatic carbocycles. The molecule has 0 fully saturated rings. The molecule has 1 atom stereocenters. The molecule has 3 nitrogen and oxygen atoms in total. The Morgan fingerprint density at radius 1 is 1.20 bits per heavy atom.